The first kappa shape index (κ1) is 20.9. The molecule has 160 valence electrons. The van der Waals surface area contributed by atoms with Gasteiger partial charge in [-0.05, 0) is 61.6 Å². The molecule has 0 aromatic heterocycles. The van der Waals surface area contributed by atoms with E-state index in [1.54, 1.807) is 4.90 Å². The van der Waals surface area contributed by atoms with Gasteiger partial charge in [0.1, 0.15) is 5.82 Å². The molecular formula is C24H26F4N2. The van der Waals surface area contributed by atoms with E-state index in [-0.39, 0.29) is 11.7 Å². The van der Waals surface area contributed by atoms with E-state index in [0.29, 0.717) is 25.2 Å². The Morgan fingerprint density at radius 3 is 2.57 bits per heavy atom. The monoisotopic (exact) mass is 418 g/mol. The van der Waals surface area contributed by atoms with Crippen molar-refractivity contribution in [3.8, 4) is 0 Å². The predicted molar refractivity (Wildman–Crippen MR) is 111 cm³/mol. The van der Waals surface area contributed by atoms with Gasteiger partial charge >= 0.3 is 6.18 Å². The second-order valence-corrected chi connectivity index (χ2v) is 8.45. The third kappa shape index (κ3) is 3.85. The molecule has 4 rings (SSSR count). The van der Waals surface area contributed by atoms with Gasteiger partial charge in [0.25, 0.3) is 0 Å². The molecule has 1 fully saturated rings. The van der Waals surface area contributed by atoms with Gasteiger partial charge in [-0.3, -0.25) is 4.90 Å². The summed E-state index contributed by atoms with van der Waals surface area (Å²) in [6, 6.07) is 9.53. The Labute approximate surface area is 174 Å². The summed E-state index contributed by atoms with van der Waals surface area (Å²) in [5.74, 6) is -0.426. The molecule has 2 aliphatic rings. The summed E-state index contributed by atoms with van der Waals surface area (Å²) >= 11 is 0. The number of rotatable bonds is 4. The molecule has 1 aliphatic heterocycles. The lowest BCUT2D eigenvalue weighted by Gasteiger charge is -2.26. The van der Waals surface area contributed by atoms with Crippen molar-refractivity contribution >= 4 is 5.69 Å². The van der Waals surface area contributed by atoms with Gasteiger partial charge in [-0.2, -0.15) is 13.2 Å². The highest BCUT2D eigenvalue weighted by Gasteiger charge is 2.33. The lowest BCUT2D eigenvalue weighted by Crippen LogP contribution is -2.28. The van der Waals surface area contributed by atoms with Crippen molar-refractivity contribution in [1.82, 2.24) is 4.90 Å². The molecule has 30 heavy (non-hydrogen) atoms. The summed E-state index contributed by atoms with van der Waals surface area (Å²) in [5.41, 5.74) is 4.39. The van der Waals surface area contributed by atoms with Crippen LogP contribution in [0.15, 0.2) is 48.6 Å². The predicted octanol–water partition coefficient (Wildman–Crippen LogP) is 6.29. The van der Waals surface area contributed by atoms with Crippen LogP contribution in [-0.2, 0) is 12.6 Å². The first-order valence-corrected chi connectivity index (χ1v) is 10.3. The number of fused-ring (bicyclic) bond motifs is 1. The lowest BCUT2D eigenvalue weighted by molar-refractivity contribution is -0.137. The standard InChI is InChI=1S/C24H26F4N2/c1-15(2)20-8-6-17-4-5-18(12-21(17)20)16(3)29-10-11-30(14-29)23-9-7-19(13-22(23)25)24(26,27)28/h4-5,7,9,12-13,16,20H,1,6,8,10-11,14H2,2-3H3. The molecule has 0 amide bonds. The number of anilines is 1. The number of nitrogens with zero attached hydrogens (tertiary/aromatic N) is 2. The van der Waals surface area contributed by atoms with E-state index < -0.39 is 17.6 Å². The third-order valence-corrected chi connectivity index (χ3v) is 6.50. The maximum atomic E-state index is 14.4. The smallest absolute Gasteiger partial charge is 0.355 e. The Kier molecular flexibility index (Phi) is 5.39. The van der Waals surface area contributed by atoms with Crippen LogP contribution in [-0.4, -0.2) is 24.7 Å². The van der Waals surface area contributed by atoms with Crippen molar-refractivity contribution in [3.05, 3.63) is 76.6 Å². The number of allylic oxidation sites excluding steroid dienone is 1. The average molecular weight is 418 g/mol. The van der Waals surface area contributed by atoms with Gasteiger partial charge in [0, 0.05) is 25.0 Å². The molecule has 0 N–H and O–H groups in total. The topological polar surface area (TPSA) is 6.48 Å². The van der Waals surface area contributed by atoms with Crippen LogP contribution in [0.3, 0.4) is 0 Å². The summed E-state index contributed by atoms with van der Waals surface area (Å²) in [6.07, 6.45) is -2.36. The Hall–Kier alpha value is -2.34. The van der Waals surface area contributed by atoms with Crippen molar-refractivity contribution in [2.75, 3.05) is 24.7 Å². The van der Waals surface area contributed by atoms with Gasteiger partial charge in [-0.15, -0.1) is 0 Å². The van der Waals surface area contributed by atoms with E-state index in [4.69, 9.17) is 0 Å². The van der Waals surface area contributed by atoms with Crippen LogP contribution in [0.2, 0.25) is 0 Å². The van der Waals surface area contributed by atoms with E-state index in [2.05, 4.69) is 43.5 Å². The summed E-state index contributed by atoms with van der Waals surface area (Å²) in [7, 11) is 0. The molecular weight excluding hydrogens is 392 g/mol. The zero-order valence-corrected chi connectivity index (χ0v) is 17.3. The Morgan fingerprint density at radius 2 is 1.90 bits per heavy atom. The average Bonchev–Trinajstić information content (AvgIpc) is 3.33. The molecule has 0 bridgehead atoms. The molecule has 0 radical (unpaired) electrons. The van der Waals surface area contributed by atoms with Crippen molar-refractivity contribution < 1.29 is 17.6 Å². The fourth-order valence-corrected chi connectivity index (χ4v) is 4.67. The van der Waals surface area contributed by atoms with Crippen LogP contribution in [0.25, 0.3) is 0 Å². The van der Waals surface area contributed by atoms with Crippen molar-refractivity contribution in [3.63, 3.8) is 0 Å². The zero-order chi connectivity index (χ0) is 21.6. The molecule has 2 aromatic rings. The molecule has 1 saturated heterocycles. The van der Waals surface area contributed by atoms with Gasteiger partial charge in [0.15, 0.2) is 0 Å². The largest absolute Gasteiger partial charge is 0.416 e. The fraction of sp³-hybridized carbons (Fsp3) is 0.417. The van der Waals surface area contributed by atoms with E-state index in [1.807, 2.05) is 0 Å². The highest BCUT2D eigenvalue weighted by molar-refractivity contribution is 5.50. The zero-order valence-electron chi connectivity index (χ0n) is 17.3. The van der Waals surface area contributed by atoms with E-state index in [9.17, 15) is 17.6 Å². The van der Waals surface area contributed by atoms with E-state index in [0.717, 1.165) is 25.5 Å². The molecule has 0 spiro atoms. The lowest BCUT2D eigenvalue weighted by atomic mass is 9.92. The maximum Gasteiger partial charge on any atom is 0.416 e. The van der Waals surface area contributed by atoms with Crippen LogP contribution < -0.4 is 4.90 Å². The molecule has 1 aliphatic carbocycles. The Balaban J connectivity index is 1.50. The van der Waals surface area contributed by atoms with E-state index >= 15 is 0 Å². The van der Waals surface area contributed by atoms with Crippen molar-refractivity contribution in [1.29, 1.82) is 0 Å². The number of hydrogen-bond acceptors (Lipinski definition) is 2. The minimum Gasteiger partial charge on any atom is -0.355 e. The third-order valence-electron chi connectivity index (χ3n) is 6.50. The highest BCUT2D eigenvalue weighted by Crippen LogP contribution is 2.40. The summed E-state index contributed by atoms with van der Waals surface area (Å²) in [6.45, 7) is 10.1. The first-order chi connectivity index (χ1) is 14.1. The molecule has 2 aromatic carbocycles. The van der Waals surface area contributed by atoms with Crippen LogP contribution in [0.1, 0.15) is 54.5 Å². The Bertz CT molecular complexity index is 966. The molecule has 0 saturated carbocycles. The van der Waals surface area contributed by atoms with Crippen molar-refractivity contribution in [2.45, 2.75) is 44.8 Å². The summed E-state index contributed by atoms with van der Waals surface area (Å²) in [4.78, 5) is 4.03. The van der Waals surface area contributed by atoms with Crippen LogP contribution in [0.4, 0.5) is 23.2 Å². The van der Waals surface area contributed by atoms with Crippen LogP contribution >= 0.6 is 0 Å². The summed E-state index contributed by atoms with van der Waals surface area (Å²) < 4.78 is 52.8. The molecule has 2 nitrogen and oxygen atoms in total. The first-order valence-electron chi connectivity index (χ1n) is 10.3. The second-order valence-electron chi connectivity index (χ2n) is 8.45. The minimum absolute atomic E-state index is 0.129. The summed E-state index contributed by atoms with van der Waals surface area (Å²) in [5, 5.41) is 0. The second kappa shape index (κ2) is 7.73. The molecule has 6 heteroatoms. The van der Waals surface area contributed by atoms with Gasteiger partial charge in [0.05, 0.1) is 17.9 Å². The molecule has 2 unspecified atom stereocenters. The van der Waals surface area contributed by atoms with Gasteiger partial charge in [-0.25, -0.2) is 4.39 Å². The number of halogens is 4. The SMILES string of the molecule is C=C(C)C1CCc2ccc(C(C)N3CCN(c4ccc(C(F)(F)F)cc4F)C3)cc21. The number of aryl methyl sites for hydroxylation is 1. The van der Waals surface area contributed by atoms with Crippen molar-refractivity contribution in [2.24, 2.45) is 0 Å². The quantitative estimate of drug-likeness (QED) is 0.425. The molecule has 2 atom stereocenters. The number of alkyl halides is 3. The maximum absolute atomic E-state index is 14.4. The minimum atomic E-state index is -4.54. The van der Waals surface area contributed by atoms with Gasteiger partial charge in [0.2, 0.25) is 0 Å². The fourth-order valence-electron chi connectivity index (χ4n) is 4.67. The normalized spacial score (nSPS) is 20.5. The van der Waals surface area contributed by atoms with Gasteiger partial charge < -0.3 is 4.90 Å². The van der Waals surface area contributed by atoms with E-state index in [1.165, 1.54) is 28.3 Å². The number of benzene rings is 2. The Morgan fingerprint density at radius 1 is 1.13 bits per heavy atom. The van der Waals surface area contributed by atoms with Gasteiger partial charge in [-0.1, -0.05) is 30.4 Å². The van der Waals surface area contributed by atoms with Crippen LogP contribution in [0.5, 0.6) is 0 Å². The highest BCUT2D eigenvalue weighted by atomic mass is 19.4. The molecule has 1 heterocycles. The van der Waals surface area contributed by atoms with Crippen LogP contribution in [0, 0.1) is 5.82 Å². The number of hydrogen-bond donors (Lipinski definition) is 0.